The minimum atomic E-state index is -0.171. The molecular weight excluding hydrogens is 269 g/mol. The van der Waals surface area contributed by atoms with Crippen LogP contribution >= 0.6 is 15.9 Å². The first-order valence-corrected chi connectivity index (χ1v) is 6.57. The largest absolute Gasteiger partial charge is 0.327 e. The third-order valence-electron chi connectivity index (χ3n) is 3.12. The Morgan fingerprint density at radius 1 is 1.31 bits per heavy atom. The summed E-state index contributed by atoms with van der Waals surface area (Å²) in [5.74, 6) is 0.304. The molecule has 1 unspecified atom stereocenters. The van der Waals surface area contributed by atoms with Gasteiger partial charge >= 0.3 is 0 Å². The first-order valence-electron chi connectivity index (χ1n) is 5.78. The molecule has 16 heavy (non-hydrogen) atoms. The van der Waals surface area contributed by atoms with Gasteiger partial charge in [0.25, 0.3) is 0 Å². The number of benzene rings is 1. The molecule has 0 spiro atoms. The minimum Gasteiger partial charge on any atom is -0.327 e. The van der Waals surface area contributed by atoms with Gasteiger partial charge in [-0.25, -0.2) is 4.39 Å². The maximum Gasteiger partial charge on any atom is 0.127 e. The second kappa shape index (κ2) is 6.36. The van der Waals surface area contributed by atoms with Crippen molar-refractivity contribution < 1.29 is 4.39 Å². The molecule has 1 atom stereocenters. The molecule has 1 nitrogen and oxygen atoms in total. The molecule has 1 aromatic carbocycles. The van der Waals surface area contributed by atoms with E-state index in [1.165, 1.54) is 6.07 Å². The van der Waals surface area contributed by atoms with Crippen LogP contribution in [-0.2, 0) is 6.42 Å². The Balaban J connectivity index is 2.72. The minimum absolute atomic E-state index is 0.0469. The lowest BCUT2D eigenvalue weighted by Crippen LogP contribution is -2.31. The third-order valence-corrected chi connectivity index (χ3v) is 3.62. The van der Waals surface area contributed by atoms with E-state index >= 15 is 0 Å². The van der Waals surface area contributed by atoms with Gasteiger partial charge in [0.15, 0.2) is 0 Å². The van der Waals surface area contributed by atoms with E-state index in [4.69, 9.17) is 5.73 Å². The van der Waals surface area contributed by atoms with E-state index in [0.29, 0.717) is 17.9 Å². The van der Waals surface area contributed by atoms with Crippen molar-refractivity contribution in [3.05, 3.63) is 34.1 Å². The molecule has 90 valence electrons. The van der Waals surface area contributed by atoms with Gasteiger partial charge in [-0.15, -0.1) is 0 Å². The average Bonchev–Trinajstić information content (AvgIpc) is 2.24. The van der Waals surface area contributed by atoms with E-state index < -0.39 is 0 Å². The number of hydrogen-bond donors (Lipinski definition) is 1. The normalized spacial score (nSPS) is 13.1. The van der Waals surface area contributed by atoms with Gasteiger partial charge in [-0.2, -0.15) is 0 Å². The Labute approximate surface area is 105 Å². The van der Waals surface area contributed by atoms with Crippen molar-refractivity contribution in [1.29, 1.82) is 0 Å². The summed E-state index contributed by atoms with van der Waals surface area (Å²) in [7, 11) is 0. The van der Waals surface area contributed by atoms with Gasteiger partial charge < -0.3 is 5.73 Å². The van der Waals surface area contributed by atoms with E-state index in [9.17, 15) is 4.39 Å². The summed E-state index contributed by atoms with van der Waals surface area (Å²) in [5.41, 5.74) is 6.81. The van der Waals surface area contributed by atoms with Crippen LogP contribution < -0.4 is 5.73 Å². The summed E-state index contributed by atoms with van der Waals surface area (Å²) in [6.07, 6.45) is 2.72. The summed E-state index contributed by atoms with van der Waals surface area (Å²) in [6, 6.07) is 5.21. The van der Waals surface area contributed by atoms with Crippen LogP contribution in [0.1, 0.15) is 32.3 Å². The van der Waals surface area contributed by atoms with Gasteiger partial charge in [0.05, 0.1) is 0 Å². The molecule has 0 amide bonds. The Bertz CT molecular complexity index is 337. The van der Waals surface area contributed by atoms with Crippen molar-refractivity contribution in [3.63, 3.8) is 0 Å². The summed E-state index contributed by atoms with van der Waals surface area (Å²) < 4.78 is 14.4. The molecule has 0 saturated heterocycles. The van der Waals surface area contributed by atoms with Crippen LogP contribution in [0.3, 0.4) is 0 Å². The topological polar surface area (TPSA) is 26.0 Å². The van der Waals surface area contributed by atoms with E-state index in [2.05, 4.69) is 29.8 Å². The fraction of sp³-hybridized carbons (Fsp3) is 0.538. The van der Waals surface area contributed by atoms with Crippen LogP contribution in [0.4, 0.5) is 4.39 Å². The second-order valence-corrected chi connectivity index (χ2v) is 5.10. The molecule has 0 fully saturated rings. The fourth-order valence-corrected chi connectivity index (χ4v) is 2.34. The Kier molecular flexibility index (Phi) is 5.42. The number of halogens is 2. The SMILES string of the molecule is CCC(CC)C(N)Cc1ccc(Br)cc1F. The van der Waals surface area contributed by atoms with Crippen LogP contribution in [0.2, 0.25) is 0 Å². The summed E-state index contributed by atoms with van der Waals surface area (Å²) in [5, 5.41) is 0. The van der Waals surface area contributed by atoms with Crippen LogP contribution in [0.15, 0.2) is 22.7 Å². The van der Waals surface area contributed by atoms with Gasteiger partial charge in [0.1, 0.15) is 5.82 Å². The van der Waals surface area contributed by atoms with Crippen molar-refractivity contribution in [2.45, 2.75) is 39.2 Å². The lowest BCUT2D eigenvalue weighted by molar-refractivity contribution is 0.389. The number of hydrogen-bond acceptors (Lipinski definition) is 1. The van der Waals surface area contributed by atoms with Crippen molar-refractivity contribution in [2.75, 3.05) is 0 Å². The zero-order chi connectivity index (χ0) is 12.1. The predicted molar refractivity (Wildman–Crippen MR) is 69.9 cm³/mol. The molecule has 0 bridgehead atoms. The highest BCUT2D eigenvalue weighted by molar-refractivity contribution is 9.10. The van der Waals surface area contributed by atoms with Crippen LogP contribution in [0, 0.1) is 11.7 Å². The lowest BCUT2D eigenvalue weighted by atomic mass is 9.90. The maximum absolute atomic E-state index is 13.6. The summed E-state index contributed by atoms with van der Waals surface area (Å²) in [6.45, 7) is 4.26. The summed E-state index contributed by atoms with van der Waals surface area (Å²) >= 11 is 3.25. The molecule has 0 heterocycles. The fourth-order valence-electron chi connectivity index (χ4n) is 2.00. The third kappa shape index (κ3) is 3.56. The highest BCUT2D eigenvalue weighted by Crippen LogP contribution is 2.20. The Morgan fingerprint density at radius 3 is 2.44 bits per heavy atom. The quantitative estimate of drug-likeness (QED) is 0.874. The van der Waals surface area contributed by atoms with E-state index in [-0.39, 0.29) is 11.9 Å². The smallest absolute Gasteiger partial charge is 0.127 e. The molecule has 0 aliphatic rings. The molecule has 0 aliphatic carbocycles. The zero-order valence-corrected chi connectivity index (χ0v) is 11.4. The first-order chi connectivity index (χ1) is 7.58. The zero-order valence-electron chi connectivity index (χ0n) is 9.84. The Morgan fingerprint density at radius 2 is 1.94 bits per heavy atom. The maximum atomic E-state index is 13.6. The first kappa shape index (κ1) is 13.7. The van der Waals surface area contributed by atoms with Crippen LogP contribution in [0.25, 0.3) is 0 Å². The highest BCUT2D eigenvalue weighted by Gasteiger charge is 2.16. The molecule has 1 rings (SSSR count). The standard InChI is InChI=1S/C13H19BrFN/c1-3-9(4-2)13(16)7-10-5-6-11(14)8-12(10)15/h5-6,8-9,13H,3-4,7,16H2,1-2H3. The molecule has 1 aromatic rings. The van der Waals surface area contributed by atoms with E-state index in [1.807, 2.05) is 12.1 Å². The predicted octanol–water partition coefficient (Wildman–Crippen LogP) is 3.89. The van der Waals surface area contributed by atoms with Crippen molar-refractivity contribution in [2.24, 2.45) is 11.7 Å². The van der Waals surface area contributed by atoms with Crippen molar-refractivity contribution in [1.82, 2.24) is 0 Å². The van der Waals surface area contributed by atoms with Gasteiger partial charge in [0, 0.05) is 10.5 Å². The number of rotatable bonds is 5. The number of nitrogens with two attached hydrogens (primary N) is 1. The van der Waals surface area contributed by atoms with Gasteiger partial charge in [-0.05, 0) is 30.0 Å². The summed E-state index contributed by atoms with van der Waals surface area (Å²) in [4.78, 5) is 0. The highest BCUT2D eigenvalue weighted by atomic mass is 79.9. The molecular formula is C13H19BrFN. The van der Waals surface area contributed by atoms with Gasteiger partial charge in [-0.3, -0.25) is 0 Å². The molecule has 0 aliphatic heterocycles. The monoisotopic (exact) mass is 287 g/mol. The molecule has 2 N–H and O–H groups in total. The van der Waals surface area contributed by atoms with Gasteiger partial charge in [-0.1, -0.05) is 48.7 Å². The van der Waals surface area contributed by atoms with E-state index in [0.717, 1.165) is 17.3 Å². The lowest BCUT2D eigenvalue weighted by Gasteiger charge is -2.21. The van der Waals surface area contributed by atoms with Crippen LogP contribution in [0.5, 0.6) is 0 Å². The Hall–Kier alpha value is -0.410. The van der Waals surface area contributed by atoms with Crippen molar-refractivity contribution >= 4 is 15.9 Å². The molecule has 0 saturated carbocycles. The molecule has 0 aromatic heterocycles. The van der Waals surface area contributed by atoms with Gasteiger partial charge in [0.2, 0.25) is 0 Å². The van der Waals surface area contributed by atoms with Crippen molar-refractivity contribution in [3.8, 4) is 0 Å². The average molecular weight is 288 g/mol. The van der Waals surface area contributed by atoms with Crippen LogP contribution in [-0.4, -0.2) is 6.04 Å². The molecule has 0 radical (unpaired) electrons. The molecule has 3 heteroatoms. The second-order valence-electron chi connectivity index (χ2n) is 4.18. The van der Waals surface area contributed by atoms with E-state index in [1.54, 1.807) is 0 Å².